The lowest BCUT2D eigenvalue weighted by Crippen LogP contribution is -2.10. The van der Waals surface area contributed by atoms with Crippen molar-refractivity contribution in [2.24, 2.45) is 0 Å². The first-order valence-electron chi connectivity index (χ1n) is 24.6. The van der Waals surface area contributed by atoms with Gasteiger partial charge in [-0.2, -0.15) is 0 Å². The molecule has 0 radical (unpaired) electrons. The molecule has 14 rings (SSSR count). The highest BCUT2D eigenvalue weighted by molar-refractivity contribution is 6.15. The molecule has 0 fully saturated rings. The van der Waals surface area contributed by atoms with Crippen molar-refractivity contribution in [1.29, 1.82) is 0 Å². The molecule has 0 amide bonds. The number of para-hydroxylation sites is 6. The molecule has 0 N–H and O–H groups in total. The van der Waals surface area contributed by atoms with Gasteiger partial charge in [0.2, 0.25) is 0 Å². The molecular weight excluding hydrogens is 863 g/mol. The van der Waals surface area contributed by atoms with E-state index in [9.17, 15) is 0 Å². The Bertz CT molecular complexity index is 3960. The molecule has 0 aliphatic heterocycles. The monoisotopic (exact) mass is 909 g/mol. The first-order valence-corrected chi connectivity index (χ1v) is 24.6. The summed E-state index contributed by atoms with van der Waals surface area (Å²) in [5, 5.41) is 7.29. The van der Waals surface area contributed by atoms with E-state index in [1.165, 1.54) is 71.1 Å². The standard InChI is InChI=1S/C66H47N5/c1-6-20-46(21-7-1)67(51-34-38-63-57(42-51)55-30-16-18-32-61(55)69(63)48-24-10-3-11-25-48)53-36-40-65-59(44-53)60-45-54(37-41-66(60)71(65)50-28-14-5-15-29-50)68(47-22-8-2-9-23-47)52-35-39-64-58(43-52)56-31-17-19-33-62(56)70(64)49-26-12-4-13-27-49/h1-14,16-28,30-45H,15,29H2. The van der Waals surface area contributed by atoms with Gasteiger partial charge in [-0.15, -0.1) is 0 Å². The summed E-state index contributed by atoms with van der Waals surface area (Å²) in [5.41, 5.74) is 17.3. The maximum Gasteiger partial charge on any atom is 0.0542 e. The van der Waals surface area contributed by atoms with E-state index in [2.05, 4.69) is 284 Å². The highest BCUT2D eigenvalue weighted by atomic mass is 15.2. The van der Waals surface area contributed by atoms with Crippen molar-refractivity contribution < 1.29 is 0 Å². The van der Waals surface area contributed by atoms with Crippen LogP contribution in [0.15, 0.2) is 261 Å². The van der Waals surface area contributed by atoms with Crippen LogP contribution in [0.1, 0.15) is 12.8 Å². The molecule has 0 bridgehead atoms. The van der Waals surface area contributed by atoms with Gasteiger partial charge in [0.25, 0.3) is 0 Å². The van der Waals surface area contributed by atoms with E-state index in [-0.39, 0.29) is 0 Å². The molecule has 5 nitrogen and oxygen atoms in total. The van der Waals surface area contributed by atoms with Crippen molar-refractivity contribution in [2.75, 3.05) is 9.80 Å². The quantitative estimate of drug-likeness (QED) is 0.144. The van der Waals surface area contributed by atoms with E-state index >= 15 is 0 Å². The summed E-state index contributed by atoms with van der Waals surface area (Å²) < 4.78 is 7.26. The molecule has 0 spiro atoms. The molecule has 0 saturated carbocycles. The van der Waals surface area contributed by atoms with Crippen LogP contribution < -0.4 is 9.80 Å². The van der Waals surface area contributed by atoms with E-state index in [1.807, 2.05) is 0 Å². The predicted molar refractivity (Wildman–Crippen MR) is 300 cm³/mol. The van der Waals surface area contributed by atoms with Gasteiger partial charge in [-0.1, -0.05) is 121 Å². The molecular formula is C66H47N5. The van der Waals surface area contributed by atoms with E-state index in [4.69, 9.17) is 0 Å². The Morgan fingerprint density at radius 3 is 1.01 bits per heavy atom. The van der Waals surface area contributed by atoms with Gasteiger partial charge in [0.05, 0.1) is 33.1 Å². The third-order valence-corrected chi connectivity index (χ3v) is 14.4. The summed E-state index contributed by atoms with van der Waals surface area (Å²) >= 11 is 0. The zero-order chi connectivity index (χ0) is 46.8. The maximum absolute atomic E-state index is 2.50. The molecule has 5 heteroatoms. The Hall–Kier alpha value is -9.32. The largest absolute Gasteiger partial charge is 0.313 e. The number of nitrogens with zero attached hydrogens (tertiary/aromatic N) is 5. The van der Waals surface area contributed by atoms with Gasteiger partial charge in [-0.05, 0) is 152 Å². The lowest BCUT2D eigenvalue weighted by Gasteiger charge is -2.26. The number of allylic oxidation sites excluding steroid dienone is 4. The summed E-state index contributed by atoms with van der Waals surface area (Å²) in [6.07, 6.45) is 8.75. The second-order valence-electron chi connectivity index (χ2n) is 18.5. The fourth-order valence-corrected chi connectivity index (χ4v) is 11.3. The molecule has 13 aromatic rings. The highest BCUT2D eigenvalue weighted by Crippen LogP contribution is 2.46. The summed E-state index contributed by atoms with van der Waals surface area (Å²) in [4.78, 5) is 4.83. The van der Waals surface area contributed by atoms with E-state index in [0.29, 0.717) is 0 Å². The molecule has 1 aliphatic carbocycles. The van der Waals surface area contributed by atoms with Crippen LogP contribution in [0.5, 0.6) is 0 Å². The third-order valence-electron chi connectivity index (χ3n) is 14.4. The summed E-state index contributed by atoms with van der Waals surface area (Å²) in [6.45, 7) is 0. The molecule has 1 aliphatic rings. The van der Waals surface area contributed by atoms with Gasteiger partial charge in [-0.25, -0.2) is 0 Å². The third kappa shape index (κ3) is 6.69. The maximum atomic E-state index is 2.50. The van der Waals surface area contributed by atoms with Gasteiger partial charge < -0.3 is 23.5 Å². The van der Waals surface area contributed by atoms with Crippen molar-refractivity contribution in [2.45, 2.75) is 12.8 Å². The number of benzene rings is 10. The Morgan fingerprint density at radius 2 is 0.620 bits per heavy atom. The Balaban J connectivity index is 0.975. The van der Waals surface area contributed by atoms with Crippen molar-refractivity contribution >= 4 is 105 Å². The van der Waals surface area contributed by atoms with E-state index in [0.717, 1.165) is 58.3 Å². The van der Waals surface area contributed by atoms with Gasteiger partial charge in [0.15, 0.2) is 0 Å². The minimum atomic E-state index is 0.971. The highest BCUT2D eigenvalue weighted by Gasteiger charge is 2.23. The number of fused-ring (bicyclic) bond motifs is 9. The van der Waals surface area contributed by atoms with Crippen molar-refractivity contribution in [3.63, 3.8) is 0 Å². The lowest BCUT2D eigenvalue weighted by atomic mass is 10.1. The van der Waals surface area contributed by atoms with Crippen LogP contribution in [0.25, 0.3) is 82.5 Å². The zero-order valence-corrected chi connectivity index (χ0v) is 39.0. The fourth-order valence-electron chi connectivity index (χ4n) is 11.3. The Morgan fingerprint density at radius 1 is 0.282 bits per heavy atom. The van der Waals surface area contributed by atoms with Crippen LogP contribution >= 0.6 is 0 Å². The molecule has 0 unspecified atom stereocenters. The smallest absolute Gasteiger partial charge is 0.0542 e. The minimum absolute atomic E-state index is 0.971. The van der Waals surface area contributed by atoms with Crippen LogP contribution in [0.3, 0.4) is 0 Å². The summed E-state index contributed by atoms with van der Waals surface area (Å²) in [6, 6.07) is 88.5. The summed E-state index contributed by atoms with van der Waals surface area (Å²) in [5.74, 6) is 0. The Labute approximate surface area is 411 Å². The second kappa shape index (κ2) is 16.7. The molecule has 3 aromatic heterocycles. The Kier molecular flexibility index (Phi) is 9.59. The number of aromatic nitrogens is 3. The first kappa shape index (κ1) is 40.7. The van der Waals surface area contributed by atoms with Crippen LogP contribution in [0.2, 0.25) is 0 Å². The average molecular weight is 910 g/mol. The van der Waals surface area contributed by atoms with Crippen LogP contribution in [0.4, 0.5) is 34.1 Å². The second-order valence-corrected chi connectivity index (χ2v) is 18.5. The summed E-state index contributed by atoms with van der Waals surface area (Å²) in [7, 11) is 0. The molecule has 0 saturated heterocycles. The molecule has 336 valence electrons. The van der Waals surface area contributed by atoms with Crippen molar-refractivity contribution in [3.05, 3.63) is 261 Å². The minimum Gasteiger partial charge on any atom is -0.313 e. The SMILES string of the molecule is C1=CCCC(n2c3ccc(N(c4ccccc4)c4ccc5c(c4)c4ccccc4n5-c4ccccc4)cc3c3cc(N(c4ccccc4)c4ccc5c(c4)c4ccccc4n5-c4ccccc4)ccc32)=C1. The van der Waals surface area contributed by atoms with Gasteiger partial charge in [0.1, 0.15) is 0 Å². The fraction of sp³-hybridized carbons (Fsp3) is 0.0303. The van der Waals surface area contributed by atoms with E-state index < -0.39 is 0 Å². The van der Waals surface area contributed by atoms with E-state index in [1.54, 1.807) is 0 Å². The molecule has 10 aromatic carbocycles. The van der Waals surface area contributed by atoms with Crippen LogP contribution in [0, 0.1) is 0 Å². The molecule has 0 atom stereocenters. The molecule has 71 heavy (non-hydrogen) atoms. The van der Waals surface area contributed by atoms with Crippen LogP contribution in [-0.4, -0.2) is 13.7 Å². The van der Waals surface area contributed by atoms with Crippen molar-refractivity contribution in [3.8, 4) is 11.4 Å². The van der Waals surface area contributed by atoms with Crippen molar-refractivity contribution in [1.82, 2.24) is 13.7 Å². The van der Waals surface area contributed by atoms with Gasteiger partial charge >= 0.3 is 0 Å². The normalized spacial score (nSPS) is 12.7. The predicted octanol–water partition coefficient (Wildman–Crippen LogP) is 18.1. The number of hydrogen-bond donors (Lipinski definition) is 0. The topological polar surface area (TPSA) is 21.3 Å². The van der Waals surface area contributed by atoms with Gasteiger partial charge in [0, 0.05) is 83.5 Å². The number of hydrogen-bond acceptors (Lipinski definition) is 2. The number of rotatable bonds is 9. The number of anilines is 6. The molecule has 3 heterocycles. The average Bonchev–Trinajstić information content (AvgIpc) is 4.07. The van der Waals surface area contributed by atoms with Crippen LogP contribution in [-0.2, 0) is 0 Å². The first-order chi connectivity index (χ1) is 35.2. The zero-order valence-electron chi connectivity index (χ0n) is 39.0. The van der Waals surface area contributed by atoms with Gasteiger partial charge in [-0.3, -0.25) is 0 Å². The lowest BCUT2D eigenvalue weighted by molar-refractivity contribution is 0.979.